The van der Waals surface area contributed by atoms with Crippen LogP contribution in [-0.4, -0.2) is 24.3 Å². The first-order valence-electron chi connectivity index (χ1n) is 5.97. The monoisotopic (exact) mass is 204 g/mol. The van der Waals surface area contributed by atoms with Crippen molar-refractivity contribution in [3.8, 4) is 11.8 Å². The van der Waals surface area contributed by atoms with Crippen molar-refractivity contribution in [1.82, 2.24) is 5.32 Å². The number of rotatable bonds is 4. The first-order chi connectivity index (χ1) is 7.20. The Bertz CT molecular complexity index is 304. The maximum atomic E-state index is 4.33. The van der Waals surface area contributed by atoms with E-state index in [4.69, 9.17) is 0 Å². The molecule has 1 heterocycles. The van der Waals surface area contributed by atoms with E-state index in [0.29, 0.717) is 17.5 Å². The van der Waals surface area contributed by atoms with E-state index in [0.717, 1.165) is 13.0 Å². The van der Waals surface area contributed by atoms with Crippen LogP contribution in [0.5, 0.6) is 0 Å². The third kappa shape index (κ3) is 2.60. The average Bonchev–Trinajstić information content (AvgIpc) is 2.18. The highest BCUT2D eigenvalue weighted by molar-refractivity contribution is 5.79. The third-order valence-electron chi connectivity index (χ3n) is 3.69. The van der Waals surface area contributed by atoms with Gasteiger partial charge in [0.1, 0.15) is 0 Å². The Morgan fingerprint density at radius 1 is 1.53 bits per heavy atom. The van der Waals surface area contributed by atoms with Crippen LogP contribution in [-0.2, 0) is 0 Å². The summed E-state index contributed by atoms with van der Waals surface area (Å²) in [4.78, 5) is 4.33. The first kappa shape index (κ1) is 10.7. The fourth-order valence-electron chi connectivity index (χ4n) is 2.25. The molecule has 2 nitrogen and oxygen atoms in total. The lowest BCUT2D eigenvalue weighted by Crippen LogP contribution is -2.48. The van der Waals surface area contributed by atoms with Gasteiger partial charge in [-0.3, -0.25) is 4.99 Å². The molecular weight excluding hydrogens is 184 g/mol. The third-order valence-corrected chi connectivity index (χ3v) is 3.69. The van der Waals surface area contributed by atoms with Crippen LogP contribution < -0.4 is 5.32 Å². The van der Waals surface area contributed by atoms with Crippen molar-refractivity contribution in [3.63, 3.8) is 0 Å². The van der Waals surface area contributed by atoms with Gasteiger partial charge in [0.05, 0.1) is 12.3 Å². The van der Waals surface area contributed by atoms with Crippen LogP contribution >= 0.6 is 0 Å². The summed E-state index contributed by atoms with van der Waals surface area (Å²) < 4.78 is 0. The molecule has 2 aliphatic rings. The predicted octanol–water partition coefficient (Wildman–Crippen LogP) is 2.00. The molecule has 1 N–H and O–H groups in total. The van der Waals surface area contributed by atoms with Crippen molar-refractivity contribution in [2.45, 2.75) is 51.1 Å². The summed E-state index contributed by atoms with van der Waals surface area (Å²) >= 11 is 0. The lowest BCUT2D eigenvalue weighted by atomic mass is 9.78. The van der Waals surface area contributed by atoms with Crippen molar-refractivity contribution < 1.29 is 0 Å². The Kier molecular flexibility index (Phi) is 3.11. The second kappa shape index (κ2) is 4.37. The highest BCUT2D eigenvalue weighted by atomic mass is 15.0. The molecule has 0 bridgehead atoms. The van der Waals surface area contributed by atoms with Crippen LogP contribution in [0.15, 0.2) is 4.99 Å². The molecule has 0 aromatic heterocycles. The van der Waals surface area contributed by atoms with E-state index in [1.165, 1.54) is 19.3 Å². The summed E-state index contributed by atoms with van der Waals surface area (Å²) in [6.07, 6.45) is 6.91. The molecule has 0 aromatic rings. The molecule has 0 saturated heterocycles. The van der Waals surface area contributed by atoms with Gasteiger partial charge in [0.15, 0.2) is 0 Å². The standard InChI is InChI=1S/C13H20N2/c1-11-12(5-3-9-14-11)6-10-15-13(2)7-4-8-13/h9,11-12,15H,4,6-8,10H2,1-2H3. The van der Waals surface area contributed by atoms with E-state index in [2.05, 4.69) is 36.0 Å². The molecule has 0 amide bonds. The van der Waals surface area contributed by atoms with Crippen LogP contribution in [0.25, 0.3) is 0 Å². The summed E-state index contributed by atoms with van der Waals surface area (Å²) in [7, 11) is 0. The number of hydrogen-bond donors (Lipinski definition) is 1. The summed E-state index contributed by atoms with van der Waals surface area (Å²) in [6, 6.07) is 0.377. The van der Waals surface area contributed by atoms with E-state index in [1.807, 2.05) is 0 Å². The van der Waals surface area contributed by atoms with Gasteiger partial charge >= 0.3 is 0 Å². The number of hydrogen-bond acceptors (Lipinski definition) is 2. The van der Waals surface area contributed by atoms with Crippen LogP contribution in [0.2, 0.25) is 0 Å². The Balaban J connectivity index is 1.71. The minimum Gasteiger partial charge on any atom is -0.311 e. The first-order valence-corrected chi connectivity index (χ1v) is 5.97. The average molecular weight is 204 g/mol. The molecular formula is C13H20N2. The number of aliphatic imine (C=N–C) groups is 1. The smallest absolute Gasteiger partial charge is 0.0714 e. The van der Waals surface area contributed by atoms with Crippen molar-refractivity contribution in [3.05, 3.63) is 0 Å². The Morgan fingerprint density at radius 2 is 2.33 bits per heavy atom. The molecule has 0 spiro atoms. The van der Waals surface area contributed by atoms with Gasteiger partial charge in [0, 0.05) is 11.5 Å². The Labute approximate surface area is 92.6 Å². The number of nitrogens with one attached hydrogen (secondary N) is 1. The van der Waals surface area contributed by atoms with Crippen LogP contribution in [0, 0.1) is 17.8 Å². The molecule has 1 aliphatic carbocycles. The predicted molar refractivity (Wildman–Crippen MR) is 64.1 cm³/mol. The topological polar surface area (TPSA) is 24.4 Å². The molecule has 2 atom stereocenters. The fraction of sp³-hybridized carbons (Fsp3) is 0.769. The van der Waals surface area contributed by atoms with Gasteiger partial charge in [-0.15, -0.1) is 0 Å². The van der Waals surface area contributed by atoms with Gasteiger partial charge in [0.25, 0.3) is 0 Å². The second-order valence-corrected chi connectivity index (χ2v) is 5.04. The molecule has 1 aliphatic heterocycles. The van der Waals surface area contributed by atoms with Crippen LogP contribution in [0.3, 0.4) is 0 Å². The maximum Gasteiger partial charge on any atom is 0.0714 e. The summed E-state index contributed by atoms with van der Waals surface area (Å²) in [5.41, 5.74) is 0.425. The minimum absolute atomic E-state index is 0.377. The van der Waals surface area contributed by atoms with Crippen molar-refractivity contribution in [2.24, 2.45) is 10.9 Å². The Hall–Kier alpha value is -0.810. The molecule has 0 aromatic carbocycles. The van der Waals surface area contributed by atoms with Gasteiger partial charge in [-0.05, 0) is 46.1 Å². The fourth-order valence-corrected chi connectivity index (χ4v) is 2.25. The molecule has 2 heteroatoms. The zero-order valence-corrected chi connectivity index (χ0v) is 9.71. The zero-order valence-electron chi connectivity index (χ0n) is 9.71. The molecule has 82 valence electrons. The Morgan fingerprint density at radius 3 is 2.93 bits per heavy atom. The van der Waals surface area contributed by atoms with E-state index in [1.54, 1.807) is 6.21 Å². The molecule has 1 saturated carbocycles. The second-order valence-electron chi connectivity index (χ2n) is 5.04. The van der Waals surface area contributed by atoms with Crippen LogP contribution in [0.1, 0.15) is 39.5 Å². The largest absolute Gasteiger partial charge is 0.311 e. The van der Waals surface area contributed by atoms with Crippen molar-refractivity contribution in [2.75, 3.05) is 6.54 Å². The molecule has 2 unspecified atom stereocenters. The maximum absolute atomic E-state index is 4.33. The molecule has 1 fully saturated rings. The van der Waals surface area contributed by atoms with E-state index in [-0.39, 0.29) is 0 Å². The number of nitrogens with zero attached hydrogens (tertiary/aromatic N) is 1. The lowest BCUT2D eigenvalue weighted by Gasteiger charge is -2.39. The van der Waals surface area contributed by atoms with Gasteiger partial charge in [-0.2, -0.15) is 0 Å². The lowest BCUT2D eigenvalue weighted by molar-refractivity contribution is 0.205. The van der Waals surface area contributed by atoms with E-state index in [9.17, 15) is 0 Å². The molecule has 15 heavy (non-hydrogen) atoms. The van der Waals surface area contributed by atoms with Gasteiger partial charge in [0.2, 0.25) is 0 Å². The minimum atomic E-state index is 0.377. The summed E-state index contributed by atoms with van der Waals surface area (Å²) in [6.45, 7) is 5.56. The van der Waals surface area contributed by atoms with E-state index >= 15 is 0 Å². The molecule has 0 radical (unpaired) electrons. The zero-order chi connectivity index (χ0) is 10.7. The quantitative estimate of drug-likeness (QED) is 0.696. The van der Waals surface area contributed by atoms with Crippen LogP contribution in [0.4, 0.5) is 0 Å². The van der Waals surface area contributed by atoms with Gasteiger partial charge in [-0.1, -0.05) is 11.8 Å². The highest BCUT2D eigenvalue weighted by Crippen LogP contribution is 2.30. The normalized spacial score (nSPS) is 31.6. The van der Waals surface area contributed by atoms with Gasteiger partial charge in [-0.25, -0.2) is 0 Å². The van der Waals surface area contributed by atoms with Crippen molar-refractivity contribution in [1.29, 1.82) is 0 Å². The highest BCUT2D eigenvalue weighted by Gasteiger charge is 2.30. The van der Waals surface area contributed by atoms with Crippen molar-refractivity contribution >= 4 is 6.21 Å². The summed E-state index contributed by atoms with van der Waals surface area (Å²) in [5.74, 6) is 6.67. The summed E-state index contributed by atoms with van der Waals surface area (Å²) in [5, 5.41) is 3.64. The SMILES string of the molecule is CC1N=CC#CC1CCNC1(C)CCC1. The van der Waals surface area contributed by atoms with Gasteiger partial charge < -0.3 is 5.32 Å². The molecule has 2 rings (SSSR count). The van der Waals surface area contributed by atoms with E-state index < -0.39 is 0 Å².